The first-order valence-corrected chi connectivity index (χ1v) is 4.78. The summed E-state index contributed by atoms with van der Waals surface area (Å²) in [4.78, 5) is 0. The molecule has 60 valence electrons. The van der Waals surface area contributed by atoms with Gasteiger partial charge in [0.1, 0.15) is 0 Å². The Kier molecular flexibility index (Phi) is 3.03. The molecule has 0 bridgehead atoms. The molecule has 0 radical (unpaired) electrons. The van der Waals surface area contributed by atoms with Crippen LogP contribution in [0.15, 0.2) is 0 Å². The van der Waals surface area contributed by atoms with Crippen LogP contribution in [0.25, 0.3) is 0 Å². The van der Waals surface area contributed by atoms with E-state index in [1.54, 1.807) is 0 Å². The molecule has 0 spiro atoms. The van der Waals surface area contributed by atoms with Crippen molar-refractivity contribution in [1.82, 2.24) is 0 Å². The molecule has 0 aromatic carbocycles. The van der Waals surface area contributed by atoms with Gasteiger partial charge in [0, 0.05) is 5.38 Å². The van der Waals surface area contributed by atoms with Crippen LogP contribution in [0.5, 0.6) is 0 Å². The lowest BCUT2D eigenvalue weighted by atomic mass is 10.1. The van der Waals surface area contributed by atoms with Gasteiger partial charge in [0.05, 0.1) is 0 Å². The number of alkyl halides is 1. The summed E-state index contributed by atoms with van der Waals surface area (Å²) < 4.78 is 0. The highest BCUT2D eigenvalue weighted by atomic mass is 35.5. The number of halogens is 1. The highest BCUT2D eigenvalue weighted by Gasteiger charge is 2.33. The molecule has 1 rings (SSSR count). The van der Waals surface area contributed by atoms with Gasteiger partial charge in [-0.25, -0.2) is 0 Å². The minimum absolute atomic E-state index is 0.534. The number of hydrogen-bond donors (Lipinski definition) is 0. The summed E-state index contributed by atoms with van der Waals surface area (Å²) in [7, 11) is 0. The summed E-state index contributed by atoms with van der Waals surface area (Å²) in [5.74, 6) is 1.74. The zero-order valence-electron chi connectivity index (χ0n) is 6.94. The molecule has 1 aliphatic rings. The SMILES string of the molecule is CC(C)CCCC1CC1Cl. The van der Waals surface area contributed by atoms with E-state index in [9.17, 15) is 0 Å². The lowest BCUT2D eigenvalue weighted by molar-refractivity contribution is 0.520. The Bertz CT molecular complexity index is 98.9. The molecule has 0 aliphatic heterocycles. The Morgan fingerprint density at radius 3 is 2.50 bits per heavy atom. The lowest BCUT2D eigenvalue weighted by Crippen LogP contribution is -1.88. The van der Waals surface area contributed by atoms with Crippen molar-refractivity contribution >= 4 is 11.6 Å². The van der Waals surface area contributed by atoms with Gasteiger partial charge in [-0.3, -0.25) is 0 Å². The van der Waals surface area contributed by atoms with Crippen molar-refractivity contribution in [1.29, 1.82) is 0 Å². The van der Waals surface area contributed by atoms with E-state index in [1.807, 2.05) is 0 Å². The van der Waals surface area contributed by atoms with Crippen molar-refractivity contribution in [3.63, 3.8) is 0 Å². The zero-order chi connectivity index (χ0) is 7.56. The van der Waals surface area contributed by atoms with Crippen LogP contribution in [0, 0.1) is 11.8 Å². The summed E-state index contributed by atoms with van der Waals surface area (Å²) in [6.45, 7) is 4.57. The van der Waals surface area contributed by atoms with Crippen molar-refractivity contribution in [2.75, 3.05) is 0 Å². The van der Waals surface area contributed by atoms with Crippen molar-refractivity contribution in [2.45, 2.75) is 44.9 Å². The van der Waals surface area contributed by atoms with E-state index in [-0.39, 0.29) is 0 Å². The van der Waals surface area contributed by atoms with E-state index >= 15 is 0 Å². The second kappa shape index (κ2) is 3.61. The molecule has 0 heterocycles. The fourth-order valence-electron chi connectivity index (χ4n) is 1.30. The molecule has 0 N–H and O–H groups in total. The average Bonchev–Trinajstić information content (AvgIpc) is 2.46. The first-order valence-electron chi connectivity index (χ1n) is 4.34. The third-order valence-electron chi connectivity index (χ3n) is 2.19. The third-order valence-corrected chi connectivity index (χ3v) is 2.73. The van der Waals surface area contributed by atoms with Crippen molar-refractivity contribution in [3.8, 4) is 0 Å². The average molecular weight is 161 g/mol. The fraction of sp³-hybridized carbons (Fsp3) is 1.00. The molecule has 0 nitrogen and oxygen atoms in total. The molecule has 1 aliphatic carbocycles. The van der Waals surface area contributed by atoms with Crippen LogP contribution in [0.2, 0.25) is 0 Å². The first kappa shape index (κ1) is 8.39. The van der Waals surface area contributed by atoms with Gasteiger partial charge >= 0.3 is 0 Å². The Morgan fingerprint density at radius 1 is 1.50 bits per heavy atom. The molecule has 0 amide bonds. The molecule has 10 heavy (non-hydrogen) atoms. The van der Waals surface area contributed by atoms with Crippen LogP contribution in [-0.4, -0.2) is 5.38 Å². The van der Waals surface area contributed by atoms with E-state index in [2.05, 4.69) is 13.8 Å². The summed E-state index contributed by atoms with van der Waals surface area (Å²) in [5.41, 5.74) is 0. The van der Waals surface area contributed by atoms with Gasteiger partial charge < -0.3 is 0 Å². The van der Waals surface area contributed by atoms with Gasteiger partial charge in [0.2, 0.25) is 0 Å². The van der Waals surface area contributed by atoms with Crippen LogP contribution in [-0.2, 0) is 0 Å². The monoisotopic (exact) mass is 160 g/mol. The largest absolute Gasteiger partial charge is 0.123 e. The third kappa shape index (κ3) is 2.92. The molecule has 2 unspecified atom stereocenters. The standard InChI is InChI=1S/C9H17Cl/c1-7(2)4-3-5-8-6-9(8)10/h7-9H,3-6H2,1-2H3. The first-order chi connectivity index (χ1) is 4.70. The summed E-state index contributed by atoms with van der Waals surface area (Å²) >= 11 is 5.87. The van der Waals surface area contributed by atoms with Crippen LogP contribution in [0.3, 0.4) is 0 Å². The second-order valence-electron chi connectivity index (χ2n) is 3.84. The molecule has 1 heteroatoms. The topological polar surface area (TPSA) is 0 Å². The van der Waals surface area contributed by atoms with Gasteiger partial charge in [0.15, 0.2) is 0 Å². The van der Waals surface area contributed by atoms with E-state index in [4.69, 9.17) is 11.6 Å². The minimum atomic E-state index is 0.534. The maximum atomic E-state index is 5.87. The van der Waals surface area contributed by atoms with Crippen LogP contribution >= 0.6 is 11.6 Å². The Labute approximate surface area is 69.0 Å². The Balaban J connectivity index is 1.87. The van der Waals surface area contributed by atoms with E-state index in [0.29, 0.717) is 5.38 Å². The maximum Gasteiger partial charge on any atom is 0.0367 e. The summed E-state index contributed by atoms with van der Waals surface area (Å²) in [5, 5.41) is 0.534. The lowest BCUT2D eigenvalue weighted by Gasteiger charge is -2.01. The fourth-order valence-corrected chi connectivity index (χ4v) is 1.65. The number of hydrogen-bond acceptors (Lipinski definition) is 0. The normalized spacial score (nSPS) is 31.2. The van der Waals surface area contributed by atoms with E-state index in [0.717, 1.165) is 11.8 Å². The predicted octanol–water partition coefficient (Wildman–Crippen LogP) is 3.44. The van der Waals surface area contributed by atoms with E-state index < -0.39 is 0 Å². The van der Waals surface area contributed by atoms with Gasteiger partial charge in [-0.15, -0.1) is 11.6 Å². The van der Waals surface area contributed by atoms with Crippen LogP contribution in [0.1, 0.15) is 39.5 Å². The molecule has 1 saturated carbocycles. The maximum absolute atomic E-state index is 5.87. The minimum Gasteiger partial charge on any atom is -0.123 e. The Morgan fingerprint density at radius 2 is 2.10 bits per heavy atom. The highest BCUT2D eigenvalue weighted by molar-refractivity contribution is 6.22. The van der Waals surface area contributed by atoms with E-state index in [1.165, 1.54) is 25.7 Å². The predicted molar refractivity (Wildman–Crippen MR) is 46.4 cm³/mol. The molecule has 1 fully saturated rings. The highest BCUT2D eigenvalue weighted by Crippen LogP contribution is 2.40. The number of rotatable bonds is 4. The summed E-state index contributed by atoms with van der Waals surface area (Å²) in [6, 6.07) is 0. The van der Waals surface area contributed by atoms with Crippen molar-refractivity contribution in [3.05, 3.63) is 0 Å². The smallest absolute Gasteiger partial charge is 0.0367 e. The molecule has 0 aromatic rings. The van der Waals surface area contributed by atoms with Crippen molar-refractivity contribution in [2.24, 2.45) is 11.8 Å². The molecular formula is C9H17Cl. The van der Waals surface area contributed by atoms with Crippen LogP contribution in [0.4, 0.5) is 0 Å². The quantitative estimate of drug-likeness (QED) is 0.553. The van der Waals surface area contributed by atoms with Gasteiger partial charge in [-0.1, -0.05) is 26.7 Å². The molecule has 0 saturated heterocycles. The second-order valence-corrected chi connectivity index (χ2v) is 4.40. The Hall–Kier alpha value is 0.290. The summed E-state index contributed by atoms with van der Waals surface area (Å²) in [6.07, 6.45) is 5.40. The van der Waals surface area contributed by atoms with Gasteiger partial charge in [-0.2, -0.15) is 0 Å². The zero-order valence-corrected chi connectivity index (χ0v) is 7.69. The molecule has 0 aromatic heterocycles. The van der Waals surface area contributed by atoms with Crippen LogP contribution < -0.4 is 0 Å². The van der Waals surface area contributed by atoms with Crippen molar-refractivity contribution < 1.29 is 0 Å². The van der Waals surface area contributed by atoms with Gasteiger partial charge in [0.25, 0.3) is 0 Å². The molecule has 2 atom stereocenters. The van der Waals surface area contributed by atoms with Gasteiger partial charge in [-0.05, 0) is 24.7 Å². The molecular weight excluding hydrogens is 144 g/mol.